The molecule has 0 saturated heterocycles. The fraction of sp³-hybridized carbons (Fsp3) is 0.533. The van der Waals surface area contributed by atoms with Gasteiger partial charge in [0.05, 0.1) is 6.04 Å². The average Bonchev–Trinajstić information content (AvgIpc) is 2.71. The highest BCUT2D eigenvalue weighted by atomic mass is 79.9. The van der Waals surface area contributed by atoms with Crippen molar-refractivity contribution in [2.24, 2.45) is 0 Å². The quantitative estimate of drug-likeness (QED) is 0.770. The molecule has 3 nitrogen and oxygen atoms in total. The number of benzene rings is 1. The summed E-state index contributed by atoms with van der Waals surface area (Å²) in [5.74, 6) is 0. The normalized spacial score (nSPS) is 18.1. The van der Waals surface area contributed by atoms with Gasteiger partial charge in [-0.2, -0.15) is 0 Å². The summed E-state index contributed by atoms with van der Waals surface area (Å²) in [6, 6.07) is 6.28. The fourth-order valence-electron chi connectivity index (χ4n) is 2.45. The van der Waals surface area contributed by atoms with Gasteiger partial charge in [-0.25, -0.2) is 4.79 Å². The number of halogens is 1. The molecule has 104 valence electrons. The molecule has 1 aromatic carbocycles. The van der Waals surface area contributed by atoms with E-state index in [0.717, 1.165) is 17.3 Å². The molecule has 0 radical (unpaired) electrons. The fourth-order valence-corrected chi connectivity index (χ4v) is 3.03. The van der Waals surface area contributed by atoms with Gasteiger partial charge < -0.3 is 9.64 Å². The third kappa shape index (κ3) is 3.11. The first-order valence-corrected chi connectivity index (χ1v) is 7.32. The number of amides is 1. The van der Waals surface area contributed by atoms with Crippen LogP contribution in [0.1, 0.15) is 44.4 Å². The maximum absolute atomic E-state index is 12.1. The van der Waals surface area contributed by atoms with E-state index >= 15 is 0 Å². The minimum atomic E-state index is -0.454. The second-order valence-electron chi connectivity index (χ2n) is 5.95. The molecule has 1 amide bonds. The van der Waals surface area contributed by atoms with Crippen LogP contribution in [-0.4, -0.2) is 23.6 Å². The van der Waals surface area contributed by atoms with E-state index in [2.05, 4.69) is 28.1 Å². The predicted octanol–water partition coefficient (Wildman–Crippen LogP) is 4.30. The number of fused-ring (bicyclic) bond motifs is 1. The van der Waals surface area contributed by atoms with Crippen LogP contribution in [0.25, 0.3) is 0 Å². The van der Waals surface area contributed by atoms with Gasteiger partial charge >= 0.3 is 6.09 Å². The monoisotopic (exact) mass is 325 g/mol. The van der Waals surface area contributed by atoms with Crippen molar-refractivity contribution >= 4 is 22.0 Å². The maximum atomic E-state index is 12.1. The predicted molar refractivity (Wildman–Crippen MR) is 79.2 cm³/mol. The van der Waals surface area contributed by atoms with Gasteiger partial charge in [0.2, 0.25) is 0 Å². The van der Waals surface area contributed by atoms with Crippen molar-refractivity contribution in [2.75, 3.05) is 7.05 Å². The summed E-state index contributed by atoms with van der Waals surface area (Å²) in [5, 5.41) is 0. The van der Waals surface area contributed by atoms with Crippen LogP contribution < -0.4 is 0 Å². The number of hydrogen-bond donors (Lipinski definition) is 0. The van der Waals surface area contributed by atoms with Crippen molar-refractivity contribution in [3.63, 3.8) is 0 Å². The molecule has 0 aliphatic heterocycles. The van der Waals surface area contributed by atoms with E-state index in [4.69, 9.17) is 4.74 Å². The molecule has 1 aliphatic carbocycles. The van der Waals surface area contributed by atoms with E-state index in [1.807, 2.05) is 33.9 Å². The van der Waals surface area contributed by atoms with Crippen molar-refractivity contribution in [3.8, 4) is 0 Å². The van der Waals surface area contributed by atoms with Crippen LogP contribution in [0, 0.1) is 0 Å². The lowest BCUT2D eigenvalue weighted by Crippen LogP contribution is -2.36. The molecule has 0 spiro atoms. The minimum Gasteiger partial charge on any atom is -0.444 e. The molecule has 0 saturated carbocycles. The van der Waals surface area contributed by atoms with Gasteiger partial charge in [0.1, 0.15) is 5.60 Å². The van der Waals surface area contributed by atoms with Crippen LogP contribution in [0.3, 0.4) is 0 Å². The summed E-state index contributed by atoms with van der Waals surface area (Å²) in [6.45, 7) is 5.66. The molecular formula is C15H20BrNO2. The number of carbonyl (C=O) groups excluding carboxylic acids is 1. The number of nitrogens with zero attached hydrogens (tertiary/aromatic N) is 1. The molecule has 0 N–H and O–H groups in total. The summed E-state index contributed by atoms with van der Waals surface area (Å²) < 4.78 is 6.56. The van der Waals surface area contributed by atoms with Crippen LogP contribution in [0.2, 0.25) is 0 Å². The lowest BCUT2D eigenvalue weighted by Gasteiger charge is -2.29. The lowest BCUT2D eigenvalue weighted by atomic mass is 10.1. The van der Waals surface area contributed by atoms with Gasteiger partial charge in [0, 0.05) is 11.5 Å². The smallest absolute Gasteiger partial charge is 0.410 e. The van der Waals surface area contributed by atoms with E-state index in [1.165, 1.54) is 11.1 Å². The first-order valence-electron chi connectivity index (χ1n) is 6.52. The Hall–Kier alpha value is -1.03. The summed E-state index contributed by atoms with van der Waals surface area (Å²) >= 11 is 3.58. The highest BCUT2D eigenvalue weighted by Gasteiger charge is 2.31. The highest BCUT2D eigenvalue weighted by Crippen LogP contribution is 2.38. The number of hydrogen-bond acceptors (Lipinski definition) is 2. The van der Waals surface area contributed by atoms with Crippen molar-refractivity contribution in [3.05, 3.63) is 33.8 Å². The number of ether oxygens (including phenoxy) is 1. The first kappa shape index (κ1) is 14.4. The third-order valence-corrected chi connectivity index (χ3v) is 4.07. The van der Waals surface area contributed by atoms with Gasteiger partial charge in [-0.15, -0.1) is 0 Å². The summed E-state index contributed by atoms with van der Waals surface area (Å²) in [5.41, 5.74) is 2.08. The van der Waals surface area contributed by atoms with Crippen molar-refractivity contribution in [1.82, 2.24) is 4.90 Å². The Labute approximate surface area is 123 Å². The van der Waals surface area contributed by atoms with Gasteiger partial charge in [-0.1, -0.05) is 28.1 Å². The number of rotatable bonds is 1. The van der Waals surface area contributed by atoms with E-state index in [1.54, 1.807) is 4.90 Å². The Kier molecular flexibility index (Phi) is 3.90. The molecule has 19 heavy (non-hydrogen) atoms. The molecule has 0 bridgehead atoms. The number of carbonyl (C=O) groups is 1. The molecule has 1 aromatic rings. The summed E-state index contributed by atoms with van der Waals surface area (Å²) in [7, 11) is 1.81. The van der Waals surface area contributed by atoms with E-state index < -0.39 is 5.60 Å². The van der Waals surface area contributed by atoms with E-state index in [-0.39, 0.29) is 12.1 Å². The lowest BCUT2D eigenvalue weighted by molar-refractivity contribution is 0.0220. The van der Waals surface area contributed by atoms with Crippen LogP contribution >= 0.6 is 15.9 Å². The van der Waals surface area contributed by atoms with E-state index in [9.17, 15) is 4.79 Å². The largest absolute Gasteiger partial charge is 0.444 e. The van der Waals surface area contributed by atoms with E-state index in [0.29, 0.717) is 0 Å². The Morgan fingerprint density at radius 2 is 2.11 bits per heavy atom. The van der Waals surface area contributed by atoms with Crippen LogP contribution in [0.5, 0.6) is 0 Å². The molecule has 0 fully saturated rings. The highest BCUT2D eigenvalue weighted by molar-refractivity contribution is 9.10. The SMILES string of the molecule is CN(C(=O)OC(C)(C)C)C1CCc2c(Br)cccc21. The zero-order valence-electron chi connectivity index (χ0n) is 11.9. The molecule has 2 rings (SSSR count). The average molecular weight is 326 g/mol. The Morgan fingerprint density at radius 1 is 1.42 bits per heavy atom. The molecule has 1 atom stereocenters. The Bertz CT molecular complexity index is 493. The van der Waals surface area contributed by atoms with Crippen molar-refractivity contribution in [2.45, 2.75) is 45.3 Å². The Morgan fingerprint density at radius 3 is 2.74 bits per heavy atom. The molecule has 0 heterocycles. The van der Waals surface area contributed by atoms with Crippen LogP contribution in [-0.2, 0) is 11.2 Å². The van der Waals surface area contributed by atoms with Gasteiger partial charge in [0.15, 0.2) is 0 Å². The van der Waals surface area contributed by atoms with Gasteiger partial charge in [-0.3, -0.25) is 0 Å². The van der Waals surface area contributed by atoms with Crippen LogP contribution in [0.15, 0.2) is 22.7 Å². The molecule has 1 aliphatic rings. The summed E-state index contributed by atoms with van der Waals surface area (Å²) in [6.07, 6.45) is 1.69. The van der Waals surface area contributed by atoms with Crippen molar-refractivity contribution < 1.29 is 9.53 Å². The zero-order chi connectivity index (χ0) is 14.2. The van der Waals surface area contributed by atoms with Crippen LogP contribution in [0.4, 0.5) is 4.79 Å². The molecular weight excluding hydrogens is 306 g/mol. The minimum absolute atomic E-state index is 0.113. The van der Waals surface area contributed by atoms with Gasteiger partial charge in [-0.05, 0) is 50.8 Å². The van der Waals surface area contributed by atoms with Gasteiger partial charge in [0.25, 0.3) is 0 Å². The topological polar surface area (TPSA) is 29.5 Å². The summed E-state index contributed by atoms with van der Waals surface area (Å²) in [4.78, 5) is 13.8. The second kappa shape index (κ2) is 5.16. The standard InChI is InChI=1S/C15H20BrNO2/c1-15(2,3)19-14(18)17(4)13-9-8-10-11(13)6-5-7-12(10)16/h5-7,13H,8-9H2,1-4H3. The third-order valence-electron chi connectivity index (χ3n) is 3.33. The first-order chi connectivity index (χ1) is 8.79. The van der Waals surface area contributed by atoms with Crippen molar-refractivity contribution in [1.29, 1.82) is 0 Å². The molecule has 0 aromatic heterocycles. The second-order valence-corrected chi connectivity index (χ2v) is 6.81. The molecule has 4 heteroatoms. The maximum Gasteiger partial charge on any atom is 0.410 e. The molecule has 1 unspecified atom stereocenters. The Balaban J connectivity index is 2.17. The zero-order valence-corrected chi connectivity index (χ0v) is 13.5.